The molecule has 0 heterocycles. The number of unbranched alkanes of at least 4 members (excludes halogenated alkanes) is 1. The molecule has 0 spiro atoms. The van der Waals surface area contributed by atoms with Crippen LogP contribution in [-0.4, -0.2) is 62.3 Å². The van der Waals surface area contributed by atoms with Gasteiger partial charge in [-0.15, -0.1) is 11.6 Å². The van der Waals surface area contributed by atoms with Gasteiger partial charge in [-0.1, -0.05) is 6.92 Å². The number of alkyl halides is 1. The van der Waals surface area contributed by atoms with E-state index in [9.17, 15) is 13.2 Å². The molecule has 0 unspecified atom stereocenters. The molecular formula is C11H23ClN2O3S. The maximum Gasteiger partial charge on any atom is 0.237 e. The first kappa shape index (κ1) is 17.7. The Morgan fingerprint density at radius 2 is 1.83 bits per heavy atom. The SMILES string of the molecule is CCCN(CC(=O)N(C)C)S(=O)(=O)CCCCCl. The normalized spacial score (nSPS) is 11.8. The van der Waals surface area contributed by atoms with Gasteiger partial charge in [-0.2, -0.15) is 4.31 Å². The highest BCUT2D eigenvalue weighted by atomic mass is 35.5. The lowest BCUT2D eigenvalue weighted by molar-refractivity contribution is -0.128. The fraction of sp³-hybridized carbons (Fsp3) is 0.909. The molecule has 0 radical (unpaired) electrons. The molecule has 0 aromatic heterocycles. The number of halogens is 1. The first-order valence-corrected chi connectivity index (χ1v) is 8.23. The Hall–Kier alpha value is -0.330. The first-order chi connectivity index (χ1) is 8.35. The summed E-state index contributed by atoms with van der Waals surface area (Å²) in [5.74, 6) is 0.310. The molecule has 5 nitrogen and oxygen atoms in total. The third kappa shape index (κ3) is 6.56. The molecule has 0 aliphatic rings. The van der Waals surface area contributed by atoms with Gasteiger partial charge in [-0.05, 0) is 19.3 Å². The van der Waals surface area contributed by atoms with Crippen LogP contribution in [0.3, 0.4) is 0 Å². The van der Waals surface area contributed by atoms with Gasteiger partial charge in [0.25, 0.3) is 0 Å². The summed E-state index contributed by atoms with van der Waals surface area (Å²) in [5.41, 5.74) is 0. The smallest absolute Gasteiger partial charge is 0.237 e. The van der Waals surface area contributed by atoms with Crippen molar-refractivity contribution in [2.24, 2.45) is 0 Å². The van der Waals surface area contributed by atoms with Crippen molar-refractivity contribution >= 4 is 27.5 Å². The van der Waals surface area contributed by atoms with Crippen molar-refractivity contribution < 1.29 is 13.2 Å². The van der Waals surface area contributed by atoms with Crippen LogP contribution < -0.4 is 0 Å². The van der Waals surface area contributed by atoms with Crippen LogP contribution >= 0.6 is 11.6 Å². The van der Waals surface area contributed by atoms with Crippen LogP contribution in [0.15, 0.2) is 0 Å². The van der Waals surface area contributed by atoms with Crippen molar-refractivity contribution in [1.29, 1.82) is 0 Å². The number of amides is 1. The quantitative estimate of drug-likeness (QED) is 0.474. The molecule has 0 saturated carbocycles. The molecule has 0 atom stereocenters. The highest BCUT2D eigenvalue weighted by molar-refractivity contribution is 7.89. The van der Waals surface area contributed by atoms with Crippen molar-refractivity contribution in [3.63, 3.8) is 0 Å². The second kappa shape index (κ2) is 8.72. The van der Waals surface area contributed by atoms with Gasteiger partial charge < -0.3 is 4.90 Å². The molecule has 0 aromatic rings. The van der Waals surface area contributed by atoms with Crippen LogP contribution in [0, 0.1) is 0 Å². The minimum atomic E-state index is -3.36. The minimum Gasteiger partial charge on any atom is -0.348 e. The van der Waals surface area contributed by atoms with Gasteiger partial charge in [0.05, 0.1) is 12.3 Å². The predicted octanol–water partition coefficient (Wildman–Crippen LogP) is 1.14. The lowest BCUT2D eigenvalue weighted by Gasteiger charge is -2.22. The van der Waals surface area contributed by atoms with Crippen molar-refractivity contribution in [3.8, 4) is 0 Å². The third-order valence-electron chi connectivity index (χ3n) is 2.46. The number of nitrogens with zero attached hydrogens (tertiary/aromatic N) is 2. The average Bonchev–Trinajstić information content (AvgIpc) is 2.28. The molecule has 18 heavy (non-hydrogen) atoms. The number of hydrogen-bond donors (Lipinski definition) is 0. The molecule has 0 fully saturated rings. The zero-order valence-corrected chi connectivity index (χ0v) is 12.9. The number of carbonyl (C=O) groups excluding carboxylic acids is 1. The van der Waals surface area contributed by atoms with Gasteiger partial charge in [0.2, 0.25) is 15.9 Å². The molecule has 0 aliphatic carbocycles. The second-order valence-electron chi connectivity index (χ2n) is 4.33. The largest absolute Gasteiger partial charge is 0.348 e. The Labute approximate surface area is 115 Å². The fourth-order valence-corrected chi connectivity index (χ4v) is 3.15. The molecule has 0 rings (SSSR count). The average molecular weight is 299 g/mol. The lowest BCUT2D eigenvalue weighted by Crippen LogP contribution is -2.41. The predicted molar refractivity (Wildman–Crippen MR) is 74.3 cm³/mol. The van der Waals surface area contributed by atoms with Gasteiger partial charge >= 0.3 is 0 Å². The maximum absolute atomic E-state index is 12.1. The van der Waals surface area contributed by atoms with Gasteiger partial charge in [0.15, 0.2) is 0 Å². The van der Waals surface area contributed by atoms with Crippen LogP contribution in [0.4, 0.5) is 0 Å². The summed E-state index contributed by atoms with van der Waals surface area (Å²) in [6, 6.07) is 0. The van der Waals surface area contributed by atoms with E-state index in [-0.39, 0.29) is 18.2 Å². The maximum atomic E-state index is 12.1. The van der Waals surface area contributed by atoms with Crippen LogP contribution in [-0.2, 0) is 14.8 Å². The molecule has 0 saturated heterocycles. The molecule has 7 heteroatoms. The van der Waals surface area contributed by atoms with E-state index in [1.165, 1.54) is 9.21 Å². The molecular weight excluding hydrogens is 276 g/mol. The molecule has 108 valence electrons. The Morgan fingerprint density at radius 3 is 2.28 bits per heavy atom. The van der Waals surface area contributed by atoms with E-state index >= 15 is 0 Å². The number of sulfonamides is 1. The summed E-state index contributed by atoms with van der Waals surface area (Å²) >= 11 is 5.53. The van der Waals surface area contributed by atoms with E-state index in [1.807, 2.05) is 6.92 Å². The number of hydrogen-bond acceptors (Lipinski definition) is 3. The summed E-state index contributed by atoms with van der Waals surface area (Å²) in [6.45, 7) is 2.19. The lowest BCUT2D eigenvalue weighted by atomic mass is 10.4. The van der Waals surface area contributed by atoms with Gasteiger partial charge in [-0.3, -0.25) is 4.79 Å². The zero-order valence-electron chi connectivity index (χ0n) is 11.4. The third-order valence-corrected chi connectivity index (χ3v) is 4.63. The fourth-order valence-electron chi connectivity index (χ4n) is 1.37. The standard InChI is InChI=1S/C11H23ClN2O3S/c1-4-8-14(10-11(15)13(2)3)18(16,17)9-6-5-7-12/h4-10H2,1-3H3. The van der Waals surface area contributed by atoms with E-state index in [4.69, 9.17) is 11.6 Å². The van der Waals surface area contributed by atoms with Crippen LogP contribution in [0.1, 0.15) is 26.2 Å². The first-order valence-electron chi connectivity index (χ1n) is 6.09. The Bertz CT molecular complexity index is 344. The summed E-state index contributed by atoms with van der Waals surface area (Å²) in [5, 5.41) is 0. The molecule has 0 aromatic carbocycles. The van der Waals surface area contributed by atoms with Crippen molar-refractivity contribution in [2.45, 2.75) is 26.2 Å². The number of rotatable bonds is 9. The Balaban J connectivity index is 4.60. The van der Waals surface area contributed by atoms with Gasteiger partial charge in [0.1, 0.15) is 0 Å². The topological polar surface area (TPSA) is 57.7 Å². The summed E-state index contributed by atoms with van der Waals surface area (Å²) < 4.78 is 25.4. The van der Waals surface area contributed by atoms with E-state index in [0.29, 0.717) is 31.7 Å². The molecule has 0 bridgehead atoms. The summed E-state index contributed by atoms with van der Waals surface area (Å²) in [4.78, 5) is 13.0. The highest BCUT2D eigenvalue weighted by Gasteiger charge is 2.23. The van der Waals surface area contributed by atoms with E-state index in [0.717, 1.165) is 0 Å². The summed E-state index contributed by atoms with van der Waals surface area (Å²) in [7, 11) is -0.123. The van der Waals surface area contributed by atoms with Crippen LogP contribution in [0.2, 0.25) is 0 Å². The van der Waals surface area contributed by atoms with Crippen molar-refractivity contribution in [2.75, 3.05) is 38.8 Å². The van der Waals surface area contributed by atoms with Crippen LogP contribution in [0.25, 0.3) is 0 Å². The molecule has 0 aliphatic heterocycles. The minimum absolute atomic E-state index is 0.0560. The number of likely N-dealkylation sites (N-methyl/N-ethyl adjacent to an activating group) is 1. The van der Waals surface area contributed by atoms with E-state index in [2.05, 4.69) is 0 Å². The van der Waals surface area contributed by atoms with Crippen molar-refractivity contribution in [1.82, 2.24) is 9.21 Å². The second-order valence-corrected chi connectivity index (χ2v) is 6.80. The molecule has 0 N–H and O–H groups in total. The van der Waals surface area contributed by atoms with Gasteiger partial charge in [0, 0.05) is 26.5 Å². The van der Waals surface area contributed by atoms with E-state index < -0.39 is 10.0 Å². The van der Waals surface area contributed by atoms with Crippen LogP contribution in [0.5, 0.6) is 0 Å². The Morgan fingerprint density at radius 1 is 1.22 bits per heavy atom. The summed E-state index contributed by atoms with van der Waals surface area (Å²) in [6.07, 6.45) is 1.89. The zero-order chi connectivity index (χ0) is 14.2. The van der Waals surface area contributed by atoms with Crippen molar-refractivity contribution in [3.05, 3.63) is 0 Å². The number of carbonyl (C=O) groups is 1. The highest BCUT2D eigenvalue weighted by Crippen LogP contribution is 2.07. The van der Waals surface area contributed by atoms with E-state index in [1.54, 1.807) is 14.1 Å². The monoisotopic (exact) mass is 298 g/mol. The Kier molecular flexibility index (Phi) is 8.56. The van der Waals surface area contributed by atoms with Gasteiger partial charge in [-0.25, -0.2) is 8.42 Å². The molecule has 1 amide bonds.